The van der Waals surface area contributed by atoms with E-state index in [9.17, 15) is 14.4 Å². The molecule has 0 saturated carbocycles. The Bertz CT molecular complexity index is 577. The summed E-state index contributed by atoms with van der Waals surface area (Å²) in [6.07, 6.45) is 0. The van der Waals surface area contributed by atoms with Gasteiger partial charge < -0.3 is 4.74 Å². The highest BCUT2D eigenvalue weighted by Crippen LogP contribution is 2.35. The number of thioether (sulfide) groups is 1. The van der Waals surface area contributed by atoms with Crippen molar-refractivity contribution in [3.05, 3.63) is 33.8 Å². The molecular weight excluding hydrogens is 325 g/mol. The molecule has 2 amide bonds. The van der Waals surface area contributed by atoms with Crippen LogP contribution in [0.2, 0.25) is 10.0 Å². The van der Waals surface area contributed by atoms with E-state index in [1.807, 2.05) is 0 Å². The van der Waals surface area contributed by atoms with Gasteiger partial charge in [0.05, 0.1) is 12.9 Å². The van der Waals surface area contributed by atoms with Crippen LogP contribution in [0.15, 0.2) is 18.2 Å². The third kappa shape index (κ3) is 2.77. The summed E-state index contributed by atoms with van der Waals surface area (Å²) >= 11 is 12.7. The normalized spacial score (nSPS) is 16.4. The zero-order valence-electron chi connectivity index (χ0n) is 10.3. The van der Waals surface area contributed by atoms with Crippen LogP contribution in [-0.4, -0.2) is 34.9 Å². The third-order valence-electron chi connectivity index (χ3n) is 2.72. The van der Waals surface area contributed by atoms with Crippen molar-refractivity contribution in [1.82, 2.24) is 4.90 Å². The van der Waals surface area contributed by atoms with Crippen LogP contribution >= 0.6 is 35.0 Å². The summed E-state index contributed by atoms with van der Waals surface area (Å²) in [6, 6.07) is 3.26. The van der Waals surface area contributed by atoms with Crippen molar-refractivity contribution in [2.24, 2.45) is 0 Å². The number of nitrogens with zero attached hydrogens (tertiary/aromatic N) is 1. The van der Waals surface area contributed by atoms with E-state index in [0.717, 1.165) is 16.7 Å². The number of rotatable bonds is 3. The fraction of sp³-hybridized carbons (Fsp3) is 0.250. The van der Waals surface area contributed by atoms with Gasteiger partial charge in [0.2, 0.25) is 5.91 Å². The van der Waals surface area contributed by atoms with E-state index in [-0.39, 0.29) is 10.8 Å². The molecule has 1 aliphatic rings. The Balaban J connectivity index is 2.50. The molecule has 1 aromatic rings. The molecule has 106 valence electrons. The number of hydrogen-bond acceptors (Lipinski definition) is 5. The predicted octanol–water partition coefficient (Wildman–Crippen LogP) is 2.90. The first-order valence-corrected chi connectivity index (χ1v) is 7.21. The molecule has 0 aromatic heterocycles. The van der Waals surface area contributed by atoms with E-state index in [4.69, 9.17) is 23.2 Å². The average molecular weight is 334 g/mol. The SMILES string of the molecule is COC(=O)C(c1ccc(Cl)cc1Cl)N1C(=O)CSC1=O. The maximum absolute atomic E-state index is 12.0. The Kier molecular flexibility index (Phi) is 4.57. The highest BCUT2D eigenvalue weighted by Gasteiger charge is 2.42. The molecule has 1 aromatic carbocycles. The third-order valence-corrected chi connectivity index (χ3v) is 4.12. The maximum Gasteiger partial charge on any atom is 0.333 e. The molecule has 2 rings (SSSR count). The minimum Gasteiger partial charge on any atom is -0.467 e. The molecule has 0 N–H and O–H groups in total. The number of amides is 2. The Hall–Kier alpha value is -1.24. The lowest BCUT2D eigenvalue weighted by molar-refractivity contribution is -0.149. The van der Waals surface area contributed by atoms with E-state index in [0.29, 0.717) is 10.6 Å². The Morgan fingerprint density at radius 1 is 1.40 bits per heavy atom. The number of hydrogen-bond donors (Lipinski definition) is 0. The Morgan fingerprint density at radius 2 is 2.10 bits per heavy atom. The number of imide groups is 1. The average Bonchev–Trinajstić information content (AvgIpc) is 2.73. The molecular formula is C12H9Cl2NO4S. The fourth-order valence-corrected chi connectivity index (χ4v) is 3.06. The first-order valence-electron chi connectivity index (χ1n) is 5.47. The summed E-state index contributed by atoms with van der Waals surface area (Å²) in [4.78, 5) is 36.4. The number of carbonyl (C=O) groups is 3. The standard InChI is InChI=1S/C12H9Cl2NO4S/c1-19-11(17)10(15-9(16)5-20-12(15)18)7-3-2-6(13)4-8(7)14/h2-4,10H,5H2,1H3. The number of benzene rings is 1. The number of halogens is 2. The summed E-state index contributed by atoms with van der Waals surface area (Å²) in [7, 11) is 1.18. The highest BCUT2D eigenvalue weighted by molar-refractivity contribution is 8.14. The molecule has 1 heterocycles. The van der Waals surface area contributed by atoms with Gasteiger partial charge in [0, 0.05) is 15.6 Å². The minimum absolute atomic E-state index is 0.00244. The second kappa shape index (κ2) is 6.03. The van der Waals surface area contributed by atoms with Gasteiger partial charge in [-0.3, -0.25) is 14.5 Å². The van der Waals surface area contributed by atoms with Crippen molar-refractivity contribution in [2.45, 2.75) is 6.04 Å². The first-order chi connectivity index (χ1) is 9.45. The van der Waals surface area contributed by atoms with E-state index >= 15 is 0 Å². The van der Waals surface area contributed by atoms with Crippen LogP contribution in [-0.2, 0) is 14.3 Å². The smallest absolute Gasteiger partial charge is 0.333 e. The molecule has 0 bridgehead atoms. The molecule has 1 saturated heterocycles. The Labute approximate surface area is 129 Å². The van der Waals surface area contributed by atoms with Gasteiger partial charge in [-0.1, -0.05) is 41.0 Å². The quantitative estimate of drug-likeness (QED) is 0.796. The van der Waals surface area contributed by atoms with Crippen LogP contribution in [0.4, 0.5) is 4.79 Å². The molecule has 8 heteroatoms. The van der Waals surface area contributed by atoms with Crippen molar-refractivity contribution < 1.29 is 19.1 Å². The maximum atomic E-state index is 12.0. The molecule has 1 fully saturated rings. The largest absolute Gasteiger partial charge is 0.467 e. The number of esters is 1. The molecule has 5 nitrogen and oxygen atoms in total. The van der Waals surface area contributed by atoms with Gasteiger partial charge in [-0.25, -0.2) is 4.79 Å². The van der Waals surface area contributed by atoms with Gasteiger partial charge >= 0.3 is 5.97 Å². The van der Waals surface area contributed by atoms with Gasteiger partial charge in [0.15, 0.2) is 6.04 Å². The number of carbonyl (C=O) groups excluding carboxylic acids is 3. The summed E-state index contributed by atoms with van der Waals surface area (Å²) < 4.78 is 4.68. The van der Waals surface area contributed by atoms with Crippen molar-refractivity contribution in [1.29, 1.82) is 0 Å². The van der Waals surface area contributed by atoms with Crippen molar-refractivity contribution in [2.75, 3.05) is 12.9 Å². The molecule has 0 radical (unpaired) electrons. The zero-order chi connectivity index (χ0) is 14.9. The van der Waals surface area contributed by atoms with E-state index in [1.54, 1.807) is 0 Å². The van der Waals surface area contributed by atoms with Crippen molar-refractivity contribution in [3.8, 4) is 0 Å². The van der Waals surface area contributed by atoms with E-state index in [1.165, 1.54) is 25.3 Å². The van der Waals surface area contributed by atoms with E-state index in [2.05, 4.69) is 4.74 Å². The minimum atomic E-state index is -1.19. The molecule has 20 heavy (non-hydrogen) atoms. The molecule has 0 spiro atoms. The summed E-state index contributed by atoms with van der Waals surface area (Å²) in [5, 5.41) is 0.0673. The summed E-state index contributed by atoms with van der Waals surface area (Å²) in [5.74, 6) is -1.20. The van der Waals surface area contributed by atoms with Crippen molar-refractivity contribution in [3.63, 3.8) is 0 Å². The lowest BCUT2D eigenvalue weighted by Gasteiger charge is -2.24. The van der Waals surface area contributed by atoms with Crippen LogP contribution < -0.4 is 0 Å². The van der Waals surface area contributed by atoms with Crippen LogP contribution in [0.1, 0.15) is 11.6 Å². The number of ether oxygens (including phenoxy) is 1. The second-order valence-electron chi connectivity index (χ2n) is 3.91. The van der Waals surface area contributed by atoms with Crippen molar-refractivity contribution >= 4 is 52.1 Å². The van der Waals surface area contributed by atoms with Gasteiger partial charge in [-0.05, 0) is 12.1 Å². The lowest BCUT2D eigenvalue weighted by Crippen LogP contribution is -2.38. The van der Waals surface area contributed by atoms with Crippen LogP contribution in [0.5, 0.6) is 0 Å². The second-order valence-corrected chi connectivity index (χ2v) is 5.68. The molecule has 1 unspecified atom stereocenters. The van der Waals surface area contributed by atoms with Gasteiger partial charge in [-0.15, -0.1) is 0 Å². The van der Waals surface area contributed by atoms with E-state index < -0.39 is 23.2 Å². The van der Waals surface area contributed by atoms with Crippen LogP contribution in [0, 0.1) is 0 Å². The van der Waals surface area contributed by atoms with Crippen LogP contribution in [0.25, 0.3) is 0 Å². The number of methoxy groups -OCH3 is 1. The molecule has 1 atom stereocenters. The fourth-order valence-electron chi connectivity index (χ4n) is 1.82. The molecule has 1 aliphatic heterocycles. The van der Waals surface area contributed by atoms with Gasteiger partial charge in [0.25, 0.3) is 5.24 Å². The summed E-state index contributed by atoms with van der Waals surface area (Å²) in [6.45, 7) is 0. The van der Waals surface area contributed by atoms with Gasteiger partial charge in [-0.2, -0.15) is 0 Å². The Morgan fingerprint density at radius 3 is 2.60 bits per heavy atom. The first kappa shape index (κ1) is 15.2. The zero-order valence-corrected chi connectivity index (χ0v) is 12.6. The van der Waals surface area contributed by atoms with Crippen LogP contribution in [0.3, 0.4) is 0 Å². The summed E-state index contributed by atoms with van der Waals surface area (Å²) in [5.41, 5.74) is 0.298. The molecule has 0 aliphatic carbocycles. The predicted molar refractivity (Wildman–Crippen MR) is 75.9 cm³/mol. The topological polar surface area (TPSA) is 63.7 Å². The monoisotopic (exact) mass is 333 g/mol. The highest BCUT2D eigenvalue weighted by atomic mass is 35.5. The lowest BCUT2D eigenvalue weighted by atomic mass is 10.1. The van der Waals surface area contributed by atoms with Gasteiger partial charge in [0.1, 0.15) is 0 Å².